The standard InChI is InChI=1S/C8H12O2/c1-3-5-6-8(9)10-7-4-2/h3-5H,2,6-7H2,1H3/b5-3+. The smallest absolute Gasteiger partial charge is 0.309 e. The van der Waals surface area contributed by atoms with E-state index in [4.69, 9.17) is 0 Å². The van der Waals surface area contributed by atoms with Gasteiger partial charge in [-0.25, -0.2) is 0 Å². The van der Waals surface area contributed by atoms with Crippen molar-refractivity contribution in [2.75, 3.05) is 6.61 Å². The second-order valence-electron chi connectivity index (χ2n) is 1.74. The maximum Gasteiger partial charge on any atom is 0.309 e. The van der Waals surface area contributed by atoms with Gasteiger partial charge in [0.25, 0.3) is 0 Å². The van der Waals surface area contributed by atoms with Crippen LogP contribution in [-0.2, 0) is 9.53 Å². The third kappa shape index (κ3) is 5.09. The van der Waals surface area contributed by atoms with Gasteiger partial charge in [-0.3, -0.25) is 4.79 Å². The summed E-state index contributed by atoms with van der Waals surface area (Å²) in [6.45, 7) is 5.58. The first kappa shape index (κ1) is 8.95. The molecule has 0 spiro atoms. The molecule has 0 rings (SSSR count). The summed E-state index contributed by atoms with van der Waals surface area (Å²) < 4.78 is 4.69. The van der Waals surface area contributed by atoms with E-state index < -0.39 is 0 Å². The summed E-state index contributed by atoms with van der Waals surface area (Å²) in [4.78, 5) is 10.6. The highest BCUT2D eigenvalue weighted by atomic mass is 16.5. The van der Waals surface area contributed by atoms with Crippen LogP contribution in [0, 0.1) is 0 Å². The van der Waals surface area contributed by atoms with Crippen LogP contribution < -0.4 is 0 Å². The van der Waals surface area contributed by atoms with Gasteiger partial charge in [0.05, 0.1) is 6.42 Å². The molecule has 0 unspecified atom stereocenters. The van der Waals surface area contributed by atoms with E-state index in [1.807, 2.05) is 13.0 Å². The average molecular weight is 140 g/mol. The Balaban J connectivity index is 3.34. The molecule has 0 aliphatic carbocycles. The molecule has 2 heteroatoms. The van der Waals surface area contributed by atoms with Gasteiger partial charge in [0, 0.05) is 0 Å². The molecular weight excluding hydrogens is 128 g/mol. The lowest BCUT2D eigenvalue weighted by Gasteiger charge is -1.96. The Labute approximate surface area is 61.2 Å². The van der Waals surface area contributed by atoms with Crippen LogP contribution in [0.3, 0.4) is 0 Å². The Hall–Kier alpha value is -1.05. The van der Waals surface area contributed by atoms with E-state index in [2.05, 4.69) is 11.3 Å². The molecule has 56 valence electrons. The first-order chi connectivity index (χ1) is 4.81. The first-order valence-electron chi connectivity index (χ1n) is 3.19. The summed E-state index contributed by atoms with van der Waals surface area (Å²) in [7, 11) is 0. The van der Waals surface area contributed by atoms with Crippen LogP contribution in [0.2, 0.25) is 0 Å². The highest BCUT2D eigenvalue weighted by molar-refractivity contribution is 5.71. The van der Waals surface area contributed by atoms with Crippen molar-refractivity contribution in [3.63, 3.8) is 0 Å². The third-order valence-corrected chi connectivity index (χ3v) is 0.882. The number of esters is 1. The van der Waals surface area contributed by atoms with Crippen LogP contribution >= 0.6 is 0 Å². The van der Waals surface area contributed by atoms with Gasteiger partial charge >= 0.3 is 5.97 Å². The zero-order chi connectivity index (χ0) is 7.82. The molecule has 0 bridgehead atoms. The molecule has 0 fully saturated rings. The fourth-order valence-corrected chi connectivity index (χ4v) is 0.425. The van der Waals surface area contributed by atoms with Crippen molar-refractivity contribution in [1.82, 2.24) is 0 Å². The van der Waals surface area contributed by atoms with Crippen molar-refractivity contribution >= 4 is 5.97 Å². The zero-order valence-corrected chi connectivity index (χ0v) is 6.17. The van der Waals surface area contributed by atoms with Crippen molar-refractivity contribution in [2.24, 2.45) is 0 Å². The Morgan fingerprint density at radius 1 is 1.70 bits per heavy atom. The number of carbonyl (C=O) groups excluding carboxylic acids is 1. The van der Waals surface area contributed by atoms with Crippen LogP contribution in [0.25, 0.3) is 0 Å². The minimum absolute atomic E-state index is 0.210. The van der Waals surface area contributed by atoms with E-state index in [0.29, 0.717) is 13.0 Å². The largest absolute Gasteiger partial charge is 0.461 e. The van der Waals surface area contributed by atoms with E-state index in [1.165, 1.54) is 0 Å². The Morgan fingerprint density at radius 3 is 2.90 bits per heavy atom. The van der Waals surface area contributed by atoms with Crippen LogP contribution in [-0.4, -0.2) is 12.6 Å². The predicted octanol–water partition coefficient (Wildman–Crippen LogP) is 1.68. The third-order valence-electron chi connectivity index (χ3n) is 0.882. The van der Waals surface area contributed by atoms with Gasteiger partial charge in [-0.15, -0.1) is 0 Å². The maximum absolute atomic E-state index is 10.6. The molecule has 0 aromatic carbocycles. The molecule has 0 saturated carbocycles. The lowest BCUT2D eigenvalue weighted by Crippen LogP contribution is -2.01. The molecular formula is C8H12O2. The summed E-state index contributed by atoms with van der Waals surface area (Å²) in [6.07, 6.45) is 5.47. The van der Waals surface area contributed by atoms with Crippen LogP contribution in [0.4, 0.5) is 0 Å². The normalized spacial score (nSPS) is 9.70. The van der Waals surface area contributed by atoms with Crippen molar-refractivity contribution < 1.29 is 9.53 Å². The molecule has 0 atom stereocenters. The molecule has 0 amide bonds. The van der Waals surface area contributed by atoms with Crippen molar-refractivity contribution in [3.05, 3.63) is 24.8 Å². The Bertz CT molecular complexity index is 136. The summed E-state index contributed by atoms with van der Waals surface area (Å²) in [6, 6.07) is 0. The maximum atomic E-state index is 10.6. The molecule has 0 aromatic heterocycles. The molecule has 0 aliphatic rings. The number of allylic oxidation sites excluding steroid dienone is 1. The molecule has 0 radical (unpaired) electrons. The lowest BCUT2D eigenvalue weighted by molar-refractivity contribution is -0.141. The van der Waals surface area contributed by atoms with E-state index in [9.17, 15) is 4.79 Å². The van der Waals surface area contributed by atoms with Crippen molar-refractivity contribution in [1.29, 1.82) is 0 Å². The second-order valence-corrected chi connectivity index (χ2v) is 1.74. The van der Waals surface area contributed by atoms with E-state index in [1.54, 1.807) is 12.2 Å². The van der Waals surface area contributed by atoms with Crippen LogP contribution in [0.15, 0.2) is 24.8 Å². The molecule has 10 heavy (non-hydrogen) atoms. The fraction of sp³-hybridized carbons (Fsp3) is 0.375. The monoisotopic (exact) mass is 140 g/mol. The minimum atomic E-state index is -0.210. The van der Waals surface area contributed by atoms with Crippen molar-refractivity contribution in [2.45, 2.75) is 13.3 Å². The van der Waals surface area contributed by atoms with E-state index >= 15 is 0 Å². The number of ether oxygens (including phenoxy) is 1. The van der Waals surface area contributed by atoms with Crippen molar-refractivity contribution in [3.8, 4) is 0 Å². The molecule has 2 nitrogen and oxygen atoms in total. The lowest BCUT2D eigenvalue weighted by atomic mass is 10.4. The second kappa shape index (κ2) is 6.08. The molecule has 0 N–H and O–H groups in total. The summed E-state index contributed by atoms with van der Waals surface area (Å²) in [5, 5.41) is 0. The van der Waals surface area contributed by atoms with Gasteiger partial charge in [0.1, 0.15) is 6.61 Å². The van der Waals surface area contributed by atoms with Crippen LogP contribution in [0.5, 0.6) is 0 Å². The van der Waals surface area contributed by atoms with Gasteiger partial charge in [-0.2, -0.15) is 0 Å². The van der Waals surface area contributed by atoms with Gasteiger partial charge in [0.2, 0.25) is 0 Å². The van der Waals surface area contributed by atoms with Gasteiger partial charge in [0.15, 0.2) is 0 Å². The van der Waals surface area contributed by atoms with Gasteiger partial charge < -0.3 is 4.74 Å². The number of carbonyl (C=O) groups is 1. The molecule has 0 aromatic rings. The number of rotatable bonds is 4. The summed E-state index contributed by atoms with van der Waals surface area (Å²) in [5.41, 5.74) is 0. The predicted molar refractivity (Wildman–Crippen MR) is 40.6 cm³/mol. The van der Waals surface area contributed by atoms with E-state index in [0.717, 1.165) is 0 Å². The highest BCUT2D eigenvalue weighted by Crippen LogP contribution is 1.87. The van der Waals surface area contributed by atoms with Gasteiger partial charge in [-0.05, 0) is 6.92 Å². The number of hydrogen-bond acceptors (Lipinski definition) is 2. The fourth-order valence-electron chi connectivity index (χ4n) is 0.425. The Morgan fingerprint density at radius 2 is 2.40 bits per heavy atom. The van der Waals surface area contributed by atoms with Gasteiger partial charge in [-0.1, -0.05) is 24.8 Å². The zero-order valence-electron chi connectivity index (χ0n) is 6.17. The topological polar surface area (TPSA) is 26.3 Å². The SMILES string of the molecule is C=CCOC(=O)C/C=C/C. The quantitative estimate of drug-likeness (QED) is 0.438. The Kier molecular flexibility index (Phi) is 5.44. The molecule has 0 heterocycles. The minimum Gasteiger partial charge on any atom is -0.461 e. The highest BCUT2D eigenvalue weighted by Gasteiger charge is 1.94. The summed E-state index contributed by atoms with van der Waals surface area (Å²) >= 11 is 0. The molecule has 0 aliphatic heterocycles. The van der Waals surface area contributed by atoms with Crippen LogP contribution in [0.1, 0.15) is 13.3 Å². The first-order valence-corrected chi connectivity index (χ1v) is 3.19. The van der Waals surface area contributed by atoms with E-state index in [-0.39, 0.29) is 5.97 Å². The molecule has 0 saturated heterocycles. The number of hydrogen-bond donors (Lipinski definition) is 0. The summed E-state index contributed by atoms with van der Waals surface area (Å²) in [5.74, 6) is -0.210. The average Bonchev–Trinajstić information content (AvgIpc) is 1.97.